The summed E-state index contributed by atoms with van der Waals surface area (Å²) >= 11 is 0. The molecular formula is C15H17N3O. The van der Waals surface area contributed by atoms with Gasteiger partial charge in [0.25, 0.3) is 0 Å². The summed E-state index contributed by atoms with van der Waals surface area (Å²) < 4.78 is 1.77. The minimum Gasteiger partial charge on any atom is -0.348 e. The molecule has 1 amide bonds. The second-order valence-electron chi connectivity index (χ2n) is 4.32. The number of carbonyl (C=O) groups is 1. The van der Waals surface area contributed by atoms with Crippen molar-refractivity contribution >= 4 is 5.91 Å². The number of hydrogen-bond donors (Lipinski definition) is 1. The molecule has 1 N–H and O–H groups in total. The molecule has 0 unspecified atom stereocenters. The summed E-state index contributed by atoms with van der Waals surface area (Å²) in [7, 11) is 1.89. The predicted molar refractivity (Wildman–Crippen MR) is 75.3 cm³/mol. The number of nitrogens with one attached hydrogen (secondary N) is 1. The number of allylic oxidation sites excluding steroid dienone is 1. The maximum atomic E-state index is 11.4. The molecule has 0 aliphatic carbocycles. The topological polar surface area (TPSA) is 46.9 Å². The first-order chi connectivity index (χ1) is 9.19. The van der Waals surface area contributed by atoms with Crippen LogP contribution in [0.2, 0.25) is 0 Å². The van der Waals surface area contributed by atoms with Crippen LogP contribution in [0.4, 0.5) is 0 Å². The quantitative estimate of drug-likeness (QED) is 0.852. The first-order valence-corrected chi connectivity index (χ1v) is 6.17. The molecule has 0 atom stereocenters. The van der Waals surface area contributed by atoms with E-state index in [-0.39, 0.29) is 5.91 Å². The summed E-state index contributed by atoms with van der Waals surface area (Å²) in [6, 6.07) is 8.08. The van der Waals surface area contributed by atoms with E-state index in [1.165, 1.54) is 6.08 Å². The monoisotopic (exact) mass is 255 g/mol. The van der Waals surface area contributed by atoms with Crippen molar-refractivity contribution < 1.29 is 4.79 Å². The number of benzene rings is 1. The van der Waals surface area contributed by atoms with Gasteiger partial charge < -0.3 is 5.32 Å². The number of nitrogens with zero attached hydrogens (tertiary/aromatic N) is 2. The zero-order valence-electron chi connectivity index (χ0n) is 11.1. The van der Waals surface area contributed by atoms with Crippen LogP contribution in [-0.4, -0.2) is 15.7 Å². The summed E-state index contributed by atoms with van der Waals surface area (Å²) in [6.45, 7) is 2.35. The second-order valence-corrected chi connectivity index (χ2v) is 4.32. The maximum absolute atomic E-state index is 11.4. The van der Waals surface area contributed by atoms with Gasteiger partial charge in [-0.3, -0.25) is 9.48 Å². The number of amides is 1. The van der Waals surface area contributed by atoms with Gasteiger partial charge in [0.05, 0.1) is 6.20 Å². The molecule has 0 fully saturated rings. The highest BCUT2D eigenvalue weighted by atomic mass is 16.1. The zero-order chi connectivity index (χ0) is 13.7. The minimum absolute atomic E-state index is 0.0747. The van der Waals surface area contributed by atoms with Crippen molar-refractivity contribution in [1.29, 1.82) is 0 Å². The lowest BCUT2D eigenvalue weighted by Gasteiger charge is -2.04. The van der Waals surface area contributed by atoms with Gasteiger partial charge in [0.1, 0.15) is 0 Å². The van der Waals surface area contributed by atoms with E-state index in [0.29, 0.717) is 6.54 Å². The third-order valence-corrected chi connectivity index (χ3v) is 2.75. The molecule has 0 saturated heterocycles. The van der Waals surface area contributed by atoms with Crippen LogP contribution < -0.4 is 5.32 Å². The Morgan fingerprint density at radius 2 is 2.26 bits per heavy atom. The van der Waals surface area contributed by atoms with Crippen molar-refractivity contribution in [3.05, 3.63) is 54.4 Å². The molecule has 0 bridgehead atoms. The Hall–Kier alpha value is -2.36. The van der Waals surface area contributed by atoms with Crippen molar-refractivity contribution in [3.63, 3.8) is 0 Å². The normalized spacial score (nSPS) is 10.8. The third-order valence-electron chi connectivity index (χ3n) is 2.75. The number of rotatable bonds is 4. The molecule has 2 aromatic rings. The molecule has 1 aromatic carbocycles. The van der Waals surface area contributed by atoms with Crippen molar-refractivity contribution in [1.82, 2.24) is 15.1 Å². The van der Waals surface area contributed by atoms with E-state index >= 15 is 0 Å². The summed E-state index contributed by atoms with van der Waals surface area (Å²) in [4.78, 5) is 11.4. The number of aryl methyl sites for hydroxylation is 1. The Bertz CT molecular complexity index is 599. The third kappa shape index (κ3) is 3.55. The maximum Gasteiger partial charge on any atom is 0.243 e. The Kier molecular flexibility index (Phi) is 4.13. The van der Waals surface area contributed by atoms with Gasteiger partial charge in [0.15, 0.2) is 0 Å². The molecule has 98 valence electrons. The van der Waals surface area contributed by atoms with Gasteiger partial charge in [-0.1, -0.05) is 24.3 Å². The van der Waals surface area contributed by atoms with Crippen LogP contribution in [0.1, 0.15) is 12.5 Å². The molecule has 0 aliphatic heterocycles. The van der Waals surface area contributed by atoms with Crippen LogP contribution >= 0.6 is 0 Å². The predicted octanol–water partition coefficient (Wildman–Crippen LogP) is 2.28. The molecular weight excluding hydrogens is 238 g/mol. The summed E-state index contributed by atoms with van der Waals surface area (Å²) in [5.41, 5.74) is 3.24. The second kappa shape index (κ2) is 6.00. The largest absolute Gasteiger partial charge is 0.348 e. The van der Waals surface area contributed by atoms with Gasteiger partial charge >= 0.3 is 0 Å². The van der Waals surface area contributed by atoms with Crippen molar-refractivity contribution in [2.24, 2.45) is 7.05 Å². The highest BCUT2D eigenvalue weighted by Crippen LogP contribution is 2.19. The lowest BCUT2D eigenvalue weighted by molar-refractivity contribution is -0.116. The van der Waals surface area contributed by atoms with Crippen LogP contribution in [0.3, 0.4) is 0 Å². The van der Waals surface area contributed by atoms with Gasteiger partial charge in [0, 0.05) is 25.4 Å². The van der Waals surface area contributed by atoms with E-state index in [1.54, 1.807) is 10.8 Å². The summed E-state index contributed by atoms with van der Waals surface area (Å²) in [6.07, 6.45) is 7.04. The highest BCUT2D eigenvalue weighted by Gasteiger charge is 2.02. The lowest BCUT2D eigenvalue weighted by atomic mass is 10.1. The smallest absolute Gasteiger partial charge is 0.243 e. The van der Waals surface area contributed by atoms with Crippen molar-refractivity contribution in [2.45, 2.75) is 13.5 Å². The van der Waals surface area contributed by atoms with E-state index in [9.17, 15) is 4.79 Å². The molecule has 1 heterocycles. The van der Waals surface area contributed by atoms with E-state index < -0.39 is 0 Å². The van der Waals surface area contributed by atoms with Gasteiger partial charge in [-0.25, -0.2) is 0 Å². The number of carbonyl (C=O) groups excluding carboxylic acids is 1. The fourth-order valence-electron chi connectivity index (χ4n) is 1.83. The minimum atomic E-state index is -0.0747. The summed E-state index contributed by atoms with van der Waals surface area (Å²) in [5.74, 6) is -0.0747. The summed E-state index contributed by atoms with van der Waals surface area (Å²) in [5, 5.41) is 7.00. The molecule has 2 rings (SSSR count). The number of hydrogen-bond acceptors (Lipinski definition) is 2. The number of aromatic nitrogens is 2. The molecule has 19 heavy (non-hydrogen) atoms. The fourth-order valence-corrected chi connectivity index (χ4v) is 1.83. The van der Waals surface area contributed by atoms with E-state index in [2.05, 4.69) is 16.5 Å². The Labute approximate surface area is 112 Å². The average Bonchev–Trinajstić information content (AvgIpc) is 2.84. The van der Waals surface area contributed by atoms with Gasteiger partial charge in [-0.05, 0) is 30.2 Å². The van der Waals surface area contributed by atoms with Crippen LogP contribution in [0.15, 0.2) is 48.8 Å². The van der Waals surface area contributed by atoms with Gasteiger partial charge in [-0.2, -0.15) is 5.10 Å². The molecule has 0 radical (unpaired) electrons. The zero-order valence-corrected chi connectivity index (χ0v) is 11.1. The molecule has 4 nitrogen and oxygen atoms in total. The van der Waals surface area contributed by atoms with E-state index in [1.807, 2.05) is 44.6 Å². The standard InChI is InChI=1S/C15H17N3O/c1-3-5-15(19)16-9-12-6-4-7-13(8-12)14-10-17-18(2)11-14/h3-8,10-11H,9H2,1-2H3,(H,16,19)/b5-3+. The first kappa shape index (κ1) is 13.1. The fraction of sp³-hybridized carbons (Fsp3) is 0.200. The SMILES string of the molecule is C/C=C/C(=O)NCc1cccc(-c2cnn(C)c2)c1. The van der Waals surface area contributed by atoms with Crippen LogP contribution in [-0.2, 0) is 18.4 Å². The lowest BCUT2D eigenvalue weighted by Crippen LogP contribution is -2.20. The first-order valence-electron chi connectivity index (χ1n) is 6.17. The molecule has 0 spiro atoms. The van der Waals surface area contributed by atoms with Crippen LogP contribution in [0.25, 0.3) is 11.1 Å². The van der Waals surface area contributed by atoms with E-state index in [4.69, 9.17) is 0 Å². The average molecular weight is 255 g/mol. The Morgan fingerprint density at radius 1 is 1.42 bits per heavy atom. The van der Waals surface area contributed by atoms with Crippen LogP contribution in [0, 0.1) is 0 Å². The van der Waals surface area contributed by atoms with E-state index in [0.717, 1.165) is 16.7 Å². The Morgan fingerprint density at radius 3 is 2.95 bits per heavy atom. The van der Waals surface area contributed by atoms with Crippen LogP contribution in [0.5, 0.6) is 0 Å². The van der Waals surface area contributed by atoms with Gasteiger partial charge in [-0.15, -0.1) is 0 Å². The Balaban J connectivity index is 2.09. The van der Waals surface area contributed by atoms with Gasteiger partial charge in [0.2, 0.25) is 5.91 Å². The molecule has 1 aromatic heterocycles. The molecule has 4 heteroatoms. The highest BCUT2D eigenvalue weighted by molar-refractivity contribution is 5.87. The molecule has 0 aliphatic rings. The van der Waals surface area contributed by atoms with Crippen molar-refractivity contribution in [3.8, 4) is 11.1 Å². The molecule has 0 saturated carbocycles. The van der Waals surface area contributed by atoms with Crippen molar-refractivity contribution in [2.75, 3.05) is 0 Å².